The van der Waals surface area contributed by atoms with Crippen molar-refractivity contribution in [2.75, 3.05) is 11.5 Å². The molecule has 0 unspecified atom stereocenters. The summed E-state index contributed by atoms with van der Waals surface area (Å²) in [6.07, 6.45) is 1.36. The van der Waals surface area contributed by atoms with Crippen molar-refractivity contribution >= 4 is 23.5 Å². The Morgan fingerprint density at radius 2 is 1.47 bits per heavy atom. The lowest BCUT2D eigenvalue weighted by Crippen LogP contribution is -2.28. The summed E-state index contributed by atoms with van der Waals surface area (Å²) in [6, 6.07) is 11.0. The zero-order valence-corrected chi connectivity index (χ0v) is 14.4. The lowest BCUT2D eigenvalue weighted by Gasteiger charge is -2.40. The second kappa shape index (κ2) is 10.4. The maximum Gasteiger partial charge on any atom is 0.0882 e. The number of thioether (sulfide) groups is 2. The van der Waals surface area contributed by atoms with Crippen LogP contribution in [0, 0.1) is 5.92 Å². The summed E-state index contributed by atoms with van der Waals surface area (Å²) >= 11 is 4.27. The third kappa shape index (κ3) is 4.92. The van der Waals surface area contributed by atoms with Gasteiger partial charge in [-0.3, -0.25) is 0 Å². The lowest BCUT2D eigenvalue weighted by atomic mass is 10.0. The van der Waals surface area contributed by atoms with Crippen molar-refractivity contribution in [1.82, 2.24) is 0 Å². The average Bonchev–Trinajstić information content (AvgIpc) is 2.52. The van der Waals surface area contributed by atoms with Gasteiger partial charge in [0.25, 0.3) is 0 Å². The topological polar surface area (TPSA) is 0 Å². The molecule has 2 rings (SSSR count). The second-order valence-corrected chi connectivity index (χ2v) is 7.18. The number of hydrogen-bond donors (Lipinski definition) is 0. The van der Waals surface area contributed by atoms with Crippen molar-refractivity contribution in [3.63, 3.8) is 0 Å². The van der Waals surface area contributed by atoms with Gasteiger partial charge in [-0.15, -0.1) is 36.7 Å². The SMILES string of the molecule is C=C.CC.CC(C)C1(c2ccccc2)SCCCS1. The van der Waals surface area contributed by atoms with Gasteiger partial charge in [0.15, 0.2) is 0 Å². The van der Waals surface area contributed by atoms with Gasteiger partial charge in [0, 0.05) is 0 Å². The van der Waals surface area contributed by atoms with Gasteiger partial charge in [0.05, 0.1) is 4.08 Å². The summed E-state index contributed by atoms with van der Waals surface area (Å²) in [5.74, 6) is 3.30. The Balaban J connectivity index is 0.000000741. The normalized spacial score (nSPS) is 16.7. The highest BCUT2D eigenvalue weighted by atomic mass is 32.2. The molecule has 0 nitrogen and oxygen atoms in total. The molecule has 0 saturated carbocycles. The average molecular weight is 297 g/mol. The molecule has 0 bridgehead atoms. The van der Waals surface area contributed by atoms with Crippen molar-refractivity contribution in [2.45, 2.75) is 38.2 Å². The van der Waals surface area contributed by atoms with Crippen LogP contribution in [-0.2, 0) is 4.08 Å². The van der Waals surface area contributed by atoms with E-state index in [1.54, 1.807) is 0 Å². The summed E-state index contributed by atoms with van der Waals surface area (Å²) in [6.45, 7) is 14.7. The van der Waals surface area contributed by atoms with Crippen LogP contribution in [0.4, 0.5) is 0 Å². The van der Waals surface area contributed by atoms with Gasteiger partial charge in [-0.05, 0) is 29.4 Å². The van der Waals surface area contributed by atoms with Gasteiger partial charge in [-0.25, -0.2) is 0 Å². The van der Waals surface area contributed by atoms with E-state index in [-0.39, 0.29) is 0 Å². The largest absolute Gasteiger partial charge is 0.139 e. The molecule has 1 aliphatic heterocycles. The molecule has 0 aromatic heterocycles. The lowest BCUT2D eigenvalue weighted by molar-refractivity contribution is 0.587. The molecule has 0 N–H and O–H groups in total. The van der Waals surface area contributed by atoms with Crippen LogP contribution in [0.5, 0.6) is 0 Å². The van der Waals surface area contributed by atoms with E-state index in [1.807, 2.05) is 13.8 Å². The van der Waals surface area contributed by atoms with E-state index in [0.29, 0.717) is 10.00 Å². The highest BCUT2D eigenvalue weighted by Crippen LogP contribution is 2.54. The molecular formula is C17H28S2. The Morgan fingerprint density at radius 1 is 1.00 bits per heavy atom. The van der Waals surface area contributed by atoms with Crippen molar-refractivity contribution in [3.05, 3.63) is 49.1 Å². The van der Waals surface area contributed by atoms with E-state index in [0.717, 1.165) is 0 Å². The van der Waals surface area contributed by atoms with Gasteiger partial charge in [0.2, 0.25) is 0 Å². The maximum atomic E-state index is 3.00. The van der Waals surface area contributed by atoms with E-state index in [2.05, 4.69) is 80.9 Å². The van der Waals surface area contributed by atoms with Gasteiger partial charge < -0.3 is 0 Å². The highest BCUT2D eigenvalue weighted by molar-refractivity contribution is 8.18. The fourth-order valence-corrected chi connectivity index (χ4v) is 5.52. The molecule has 1 saturated heterocycles. The summed E-state index contributed by atoms with van der Waals surface area (Å²) in [5, 5.41) is 0. The monoisotopic (exact) mass is 296 g/mol. The van der Waals surface area contributed by atoms with Crippen LogP contribution in [0.15, 0.2) is 43.5 Å². The summed E-state index contributed by atoms with van der Waals surface area (Å²) in [7, 11) is 0. The molecule has 1 aliphatic rings. The Bertz CT molecular complexity index is 313. The van der Waals surface area contributed by atoms with E-state index in [9.17, 15) is 0 Å². The molecule has 2 heteroatoms. The minimum absolute atomic E-state index is 0.305. The fourth-order valence-electron chi connectivity index (χ4n) is 2.05. The Hall–Kier alpha value is -0.340. The van der Waals surface area contributed by atoms with Gasteiger partial charge in [0.1, 0.15) is 0 Å². The maximum absolute atomic E-state index is 3.00. The van der Waals surface area contributed by atoms with Gasteiger partial charge >= 0.3 is 0 Å². The third-order valence-electron chi connectivity index (χ3n) is 2.86. The van der Waals surface area contributed by atoms with E-state index in [1.165, 1.54) is 23.5 Å². The van der Waals surface area contributed by atoms with Gasteiger partial charge in [-0.2, -0.15) is 0 Å². The standard InChI is InChI=1S/C13H18S2.C2H6.C2H4/c1-11(2)13(14-9-6-10-15-13)12-7-4-3-5-8-12;2*1-2/h3-5,7-8,11H,6,9-10H2,1-2H3;1-2H3;1-2H2. The van der Waals surface area contributed by atoms with Crippen molar-refractivity contribution in [1.29, 1.82) is 0 Å². The predicted octanol–water partition coefficient (Wildman–Crippen LogP) is 6.19. The first-order valence-electron chi connectivity index (χ1n) is 7.09. The molecule has 1 heterocycles. The summed E-state index contributed by atoms with van der Waals surface area (Å²) in [4.78, 5) is 0. The van der Waals surface area contributed by atoms with E-state index >= 15 is 0 Å². The first kappa shape index (κ1) is 18.7. The van der Waals surface area contributed by atoms with Crippen LogP contribution in [0.1, 0.15) is 39.7 Å². The quantitative estimate of drug-likeness (QED) is 0.596. The molecule has 0 radical (unpaired) electrons. The van der Waals surface area contributed by atoms with Crippen molar-refractivity contribution < 1.29 is 0 Å². The summed E-state index contributed by atoms with van der Waals surface area (Å²) < 4.78 is 0.305. The molecule has 0 atom stereocenters. The second-order valence-electron chi connectivity index (χ2n) is 4.24. The molecular weight excluding hydrogens is 268 g/mol. The molecule has 19 heavy (non-hydrogen) atoms. The minimum Gasteiger partial charge on any atom is -0.139 e. The highest BCUT2D eigenvalue weighted by Gasteiger charge is 2.38. The summed E-state index contributed by atoms with van der Waals surface area (Å²) in [5.41, 5.74) is 1.50. The molecule has 0 aliphatic carbocycles. The zero-order valence-electron chi connectivity index (χ0n) is 12.8. The van der Waals surface area contributed by atoms with Crippen molar-refractivity contribution in [2.24, 2.45) is 5.92 Å². The van der Waals surface area contributed by atoms with E-state index in [4.69, 9.17) is 0 Å². The minimum atomic E-state index is 0.305. The Kier molecular flexibility index (Phi) is 10.3. The predicted molar refractivity (Wildman–Crippen MR) is 95.1 cm³/mol. The Morgan fingerprint density at radius 3 is 1.89 bits per heavy atom. The first-order valence-corrected chi connectivity index (χ1v) is 9.06. The molecule has 0 spiro atoms. The molecule has 1 aromatic carbocycles. The molecule has 1 aromatic rings. The van der Waals surface area contributed by atoms with E-state index < -0.39 is 0 Å². The van der Waals surface area contributed by atoms with Crippen LogP contribution in [0.2, 0.25) is 0 Å². The molecule has 0 amide bonds. The smallest absolute Gasteiger partial charge is 0.0882 e. The van der Waals surface area contributed by atoms with Crippen LogP contribution < -0.4 is 0 Å². The third-order valence-corrected chi connectivity index (χ3v) is 6.82. The number of rotatable bonds is 2. The first-order chi connectivity index (χ1) is 9.26. The van der Waals surface area contributed by atoms with Crippen LogP contribution in [-0.4, -0.2) is 11.5 Å². The van der Waals surface area contributed by atoms with Crippen molar-refractivity contribution in [3.8, 4) is 0 Å². The van der Waals surface area contributed by atoms with Crippen LogP contribution >= 0.6 is 23.5 Å². The molecule has 1 fully saturated rings. The molecule has 108 valence electrons. The number of hydrogen-bond acceptors (Lipinski definition) is 2. The van der Waals surface area contributed by atoms with Crippen LogP contribution in [0.25, 0.3) is 0 Å². The fraction of sp³-hybridized carbons (Fsp3) is 0.529. The van der Waals surface area contributed by atoms with Gasteiger partial charge in [-0.1, -0.05) is 58.0 Å². The number of benzene rings is 1. The zero-order chi connectivity index (χ0) is 14.7. The van der Waals surface area contributed by atoms with Crippen LogP contribution in [0.3, 0.4) is 0 Å². The Labute approximate surface area is 128 Å².